The molecule has 1 aromatic carbocycles. The topological polar surface area (TPSA) is 55.8 Å². The van der Waals surface area contributed by atoms with Crippen molar-refractivity contribution >= 4 is 21.6 Å². The summed E-state index contributed by atoms with van der Waals surface area (Å²) in [5.74, 6) is 0.832. The molecule has 1 heterocycles. The van der Waals surface area contributed by atoms with Crippen molar-refractivity contribution in [3.05, 3.63) is 23.8 Å². The quantitative estimate of drug-likeness (QED) is 0.775. The molecule has 1 aliphatic heterocycles. The van der Waals surface area contributed by atoms with Crippen molar-refractivity contribution in [3.63, 3.8) is 0 Å². The minimum absolute atomic E-state index is 0.172. The molecule has 0 radical (unpaired) electrons. The summed E-state index contributed by atoms with van der Waals surface area (Å²) in [6.07, 6.45) is 0. The third-order valence-electron chi connectivity index (χ3n) is 3.39. The van der Waals surface area contributed by atoms with Gasteiger partial charge in [0.05, 0.1) is 30.6 Å². The van der Waals surface area contributed by atoms with E-state index in [9.17, 15) is 8.42 Å². The molecule has 1 aliphatic rings. The summed E-state index contributed by atoms with van der Waals surface area (Å²) in [5, 5.41) is 0. The summed E-state index contributed by atoms with van der Waals surface area (Å²) in [5.41, 5.74) is 0.681. The highest BCUT2D eigenvalue weighted by Gasteiger charge is 2.31. The van der Waals surface area contributed by atoms with Crippen LogP contribution in [0.1, 0.15) is 19.4 Å². The third-order valence-corrected chi connectivity index (χ3v) is 5.69. The highest BCUT2D eigenvalue weighted by atomic mass is 35.5. The summed E-state index contributed by atoms with van der Waals surface area (Å²) in [6.45, 7) is 5.43. The Morgan fingerprint density at radius 3 is 2.86 bits per heavy atom. The van der Waals surface area contributed by atoms with E-state index in [0.717, 1.165) is 0 Å². The van der Waals surface area contributed by atoms with Gasteiger partial charge in [-0.25, -0.2) is 8.42 Å². The second-order valence-electron chi connectivity index (χ2n) is 4.88. The predicted octanol–water partition coefficient (Wildman–Crippen LogP) is 2.23. The number of hydrogen-bond donors (Lipinski definition) is 0. The number of halogens is 1. The van der Waals surface area contributed by atoms with Crippen molar-refractivity contribution in [2.45, 2.75) is 30.7 Å². The van der Waals surface area contributed by atoms with Crippen LogP contribution in [-0.2, 0) is 20.6 Å². The van der Waals surface area contributed by atoms with Crippen LogP contribution in [0.25, 0.3) is 0 Å². The first kappa shape index (κ1) is 16.5. The van der Waals surface area contributed by atoms with E-state index in [4.69, 9.17) is 21.1 Å². The van der Waals surface area contributed by atoms with E-state index in [0.29, 0.717) is 37.7 Å². The highest BCUT2D eigenvalue weighted by Crippen LogP contribution is 2.27. The third kappa shape index (κ3) is 3.51. The molecular formula is C14H20ClNO4S. The molecule has 2 rings (SSSR count). The zero-order valence-electron chi connectivity index (χ0n) is 12.2. The number of sulfonamides is 1. The van der Waals surface area contributed by atoms with Crippen LogP contribution in [0.15, 0.2) is 23.1 Å². The van der Waals surface area contributed by atoms with E-state index < -0.39 is 10.0 Å². The van der Waals surface area contributed by atoms with Crippen molar-refractivity contribution in [2.24, 2.45) is 0 Å². The van der Waals surface area contributed by atoms with Crippen LogP contribution in [0.5, 0.6) is 5.75 Å². The first-order chi connectivity index (χ1) is 10.0. The molecule has 0 amide bonds. The van der Waals surface area contributed by atoms with Crippen LogP contribution in [0, 0.1) is 0 Å². The molecule has 0 N–H and O–H groups in total. The van der Waals surface area contributed by atoms with Gasteiger partial charge in [-0.2, -0.15) is 4.31 Å². The van der Waals surface area contributed by atoms with Gasteiger partial charge in [-0.05, 0) is 32.0 Å². The van der Waals surface area contributed by atoms with Gasteiger partial charge < -0.3 is 9.47 Å². The molecule has 1 aromatic rings. The van der Waals surface area contributed by atoms with Gasteiger partial charge in [0.15, 0.2) is 0 Å². The highest BCUT2D eigenvalue weighted by molar-refractivity contribution is 7.89. The normalized spacial score (nSPS) is 20.4. The fourth-order valence-electron chi connectivity index (χ4n) is 2.32. The van der Waals surface area contributed by atoms with E-state index in [1.807, 2.05) is 13.8 Å². The van der Waals surface area contributed by atoms with Gasteiger partial charge in [-0.1, -0.05) is 0 Å². The second-order valence-corrected chi connectivity index (χ2v) is 7.03. The molecule has 1 fully saturated rings. The molecule has 118 valence electrons. The summed E-state index contributed by atoms with van der Waals surface area (Å²) >= 11 is 5.90. The van der Waals surface area contributed by atoms with Crippen molar-refractivity contribution in [1.82, 2.24) is 4.31 Å². The van der Waals surface area contributed by atoms with E-state index >= 15 is 0 Å². The van der Waals surface area contributed by atoms with Crippen LogP contribution in [0.3, 0.4) is 0 Å². The molecule has 5 nitrogen and oxygen atoms in total. The number of nitrogens with zero attached hydrogens (tertiary/aromatic N) is 1. The second kappa shape index (κ2) is 6.96. The molecule has 0 saturated carbocycles. The van der Waals surface area contributed by atoms with Gasteiger partial charge in [0.1, 0.15) is 5.75 Å². The number of benzene rings is 1. The number of morpholine rings is 1. The maximum absolute atomic E-state index is 12.7. The Hall–Kier alpha value is -0.820. The maximum atomic E-state index is 12.7. The summed E-state index contributed by atoms with van der Waals surface area (Å²) in [6, 6.07) is 4.66. The lowest BCUT2D eigenvalue weighted by Gasteiger charge is -2.32. The number of alkyl halides is 1. The minimum atomic E-state index is -3.54. The average Bonchev–Trinajstić information content (AvgIpc) is 2.48. The van der Waals surface area contributed by atoms with Gasteiger partial charge in [0, 0.05) is 18.2 Å². The lowest BCUT2D eigenvalue weighted by molar-refractivity contribution is 0.0392. The molecule has 0 aromatic heterocycles. The van der Waals surface area contributed by atoms with Gasteiger partial charge in [-0.15, -0.1) is 11.6 Å². The van der Waals surface area contributed by atoms with Crippen molar-refractivity contribution in [2.75, 3.05) is 26.4 Å². The molecule has 0 spiro atoms. The van der Waals surface area contributed by atoms with Gasteiger partial charge in [0.25, 0.3) is 0 Å². The Morgan fingerprint density at radius 1 is 1.48 bits per heavy atom. The lowest BCUT2D eigenvalue weighted by atomic mass is 10.2. The van der Waals surface area contributed by atoms with Crippen LogP contribution < -0.4 is 4.74 Å². The standard InChI is InChI=1S/C14H20ClNO4S/c1-3-20-14-5-4-13(8-12(14)9-15)21(17,18)16-6-7-19-10-11(16)2/h4-5,8,11H,3,6-7,9-10H2,1-2H3. The van der Waals surface area contributed by atoms with Crippen molar-refractivity contribution in [3.8, 4) is 5.75 Å². The maximum Gasteiger partial charge on any atom is 0.243 e. The Kier molecular flexibility index (Phi) is 5.48. The van der Waals surface area contributed by atoms with E-state index in [1.54, 1.807) is 18.2 Å². The molecule has 1 saturated heterocycles. The van der Waals surface area contributed by atoms with Crippen LogP contribution in [0.2, 0.25) is 0 Å². The fraction of sp³-hybridized carbons (Fsp3) is 0.571. The van der Waals surface area contributed by atoms with E-state index in [2.05, 4.69) is 0 Å². The Morgan fingerprint density at radius 2 is 2.24 bits per heavy atom. The summed E-state index contributed by atoms with van der Waals surface area (Å²) in [4.78, 5) is 0.246. The smallest absolute Gasteiger partial charge is 0.243 e. The Bertz CT molecular complexity index is 591. The van der Waals surface area contributed by atoms with Crippen LogP contribution in [-0.4, -0.2) is 45.1 Å². The SMILES string of the molecule is CCOc1ccc(S(=O)(=O)N2CCOCC2C)cc1CCl. The first-order valence-electron chi connectivity index (χ1n) is 6.92. The molecular weight excluding hydrogens is 314 g/mol. The molecule has 7 heteroatoms. The molecule has 1 atom stereocenters. The lowest BCUT2D eigenvalue weighted by Crippen LogP contribution is -2.46. The molecule has 0 aliphatic carbocycles. The van der Waals surface area contributed by atoms with Gasteiger partial charge >= 0.3 is 0 Å². The zero-order valence-corrected chi connectivity index (χ0v) is 13.8. The van der Waals surface area contributed by atoms with E-state index in [1.165, 1.54) is 4.31 Å². The Labute approximate surface area is 130 Å². The Balaban J connectivity index is 2.35. The summed E-state index contributed by atoms with van der Waals surface area (Å²) in [7, 11) is -3.54. The summed E-state index contributed by atoms with van der Waals surface area (Å²) < 4.78 is 37.7. The number of hydrogen-bond acceptors (Lipinski definition) is 4. The van der Waals surface area contributed by atoms with Crippen LogP contribution in [0.4, 0.5) is 0 Å². The minimum Gasteiger partial charge on any atom is -0.494 e. The molecule has 0 bridgehead atoms. The van der Waals surface area contributed by atoms with Gasteiger partial charge in [-0.3, -0.25) is 0 Å². The average molecular weight is 334 g/mol. The van der Waals surface area contributed by atoms with Crippen molar-refractivity contribution in [1.29, 1.82) is 0 Å². The molecule has 21 heavy (non-hydrogen) atoms. The zero-order chi connectivity index (χ0) is 15.5. The van der Waals surface area contributed by atoms with Gasteiger partial charge in [0.2, 0.25) is 10.0 Å². The molecule has 1 unspecified atom stereocenters. The van der Waals surface area contributed by atoms with Crippen molar-refractivity contribution < 1.29 is 17.9 Å². The predicted molar refractivity (Wildman–Crippen MR) is 81.3 cm³/mol. The fourth-order valence-corrected chi connectivity index (χ4v) is 4.18. The largest absolute Gasteiger partial charge is 0.494 e. The first-order valence-corrected chi connectivity index (χ1v) is 8.89. The van der Waals surface area contributed by atoms with Crippen LogP contribution >= 0.6 is 11.6 Å². The van der Waals surface area contributed by atoms with E-state index in [-0.39, 0.29) is 16.8 Å². The number of rotatable bonds is 5. The monoisotopic (exact) mass is 333 g/mol. The number of ether oxygens (including phenoxy) is 2.